The van der Waals surface area contributed by atoms with Crippen molar-refractivity contribution in [2.24, 2.45) is 0 Å². The lowest BCUT2D eigenvalue weighted by molar-refractivity contribution is 0.342. The lowest BCUT2D eigenvalue weighted by atomic mass is 10.3. The molecule has 2 aromatic rings. The molecule has 9 heteroatoms. The van der Waals surface area contributed by atoms with Crippen molar-refractivity contribution >= 4 is 25.7 Å². The van der Waals surface area contributed by atoms with E-state index >= 15 is 0 Å². The Morgan fingerprint density at radius 3 is 2.13 bits per heavy atom. The van der Waals surface area contributed by atoms with Crippen LogP contribution in [0, 0.1) is 0 Å². The van der Waals surface area contributed by atoms with Gasteiger partial charge < -0.3 is 10.5 Å². The summed E-state index contributed by atoms with van der Waals surface area (Å²) in [6.45, 7) is 2.13. The molecule has 0 unspecified atom stereocenters. The highest BCUT2D eigenvalue weighted by molar-refractivity contribution is 8.04. The number of nitrogen functional groups attached to an aromatic ring is 1. The molecule has 0 aliphatic rings. The largest absolute Gasteiger partial charge is 0.492 e. The third kappa shape index (κ3) is 4.01. The van der Waals surface area contributed by atoms with Gasteiger partial charge in [0.1, 0.15) is 5.75 Å². The molecule has 0 atom stereocenters. The first-order chi connectivity index (χ1) is 10.8. The van der Waals surface area contributed by atoms with Crippen molar-refractivity contribution in [3.05, 3.63) is 48.5 Å². The number of hydrogen-bond acceptors (Lipinski definition) is 6. The van der Waals surface area contributed by atoms with Crippen LogP contribution in [0.3, 0.4) is 0 Å². The molecule has 2 aromatic carbocycles. The second-order valence-corrected chi connectivity index (χ2v) is 8.16. The molecule has 124 valence electrons. The summed E-state index contributed by atoms with van der Waals surface area (Å²) in [7, 11) is -8.50. The predicted molar refractivity (Wildman–Crippen MR) is 86.0 cm³/mol. The normalized spacial score (nSPS) is 12.0. The molecule has 0 aromatic heterocycles. The summed E-state index contributed by atoms with van der Waals surface area (Å²) in [5.41, 5.74) is 5.82. The average molecular weight is 356 g/mol. The Bertz CT molecular complexity index is 894. The first-order valence-electron chi connectivity index (χ1n) is 6.62. The van der Waals surface area contributed by atoms with Crippen LogP contribution in [-0.2, 0) is 20.0 Å². The molecule has 23 heavy (non-hydrogen) atoms. The van der Waals surface area contributed by atoms with E-state index in [2.05, 4.69) is 0 Å². The maximum Gasteiger partial charge on any atom is 0.253 e. The molecule has 0 spiro atoms. The summed E-state index contributed by atoms with van der Waals surface area (Å²) >= 11 is 0. The van der Waals surface area contributed by atoms with E-state index < -0.39 is 20.0 Å². The van der Waals surface area contributed by atoms with E-state index in [-0.39, 0.29) is 15.5 Å². The Balaban J connectivity index is 2.34. The van der Waals surface area contributed by atoms with Crippen molar-refractivity contribution in [1.82, 2.24) is 4.13 Å². The summed E-state index contributed by atoms with van der Waals surface area (Å²) in [6.07, 6.45) is 0. The molecule has 0 aliphatic heterocycles. The van der Waals surface area contributed by atoms with E-state index in [1.807, 2.05) is 0 Å². The topological polar surface area (TPSA) is 116 Å². The first kappa shape index (κ1) is 17.3. The second kappa shape index (κ2) is 6.57. The van der Waals surface area contributed by atoms with Crippen molar-refractivity contribution in [2.75, 3.05) is 12.3 Å². The standard InChI is InChI=1S/C14H16N2O5S2/c1-2-21-14-9-8-12(10-13(14)15)23(19,20)16-22(17,18)11-6-4-3-5-7-11/h3-10,16H,2,15H2,1H3. The van der Waals surface area contributed by atoms with Gasteiger partial charge in [0, 0.05) is 0 Å². The molecule has 7 nitrogen and oxygen atoms in total. The maximum absolute atomic E-state index is 12.3. The zero-order valence-electron chi connectivity index (χ0n) is 12.3. The minimum absolute atomic E-state index is 0.104. The molecular weight excluding hydrogens is 340 g/mol. The molecule has 0 saturated carbocycles. The smallest absolute Gasteiger partial charge is 0.253 e. The lowest BCUT2D eigenvalue weighted by Crippen LogP contribution is -2.30. The molecule has 0 saturated heterocycles. The molecule has 0 bridgehead atoms. The van der Waals surface area contributed by atoms with Crippen molar-refractivity contribution in [3.63, 3.8) is 0 Å². The molecule has 2 rings (SSSR count). The number of ether oxygens (including phenoxy) is 1. The van der Waals surface area contributed by atoms with Crippen LogP contribution in [0.15, 0.2) is 58.3 Å². The van der Waals surface area contributed by atoms with E-state index in [9.17, 15) is 16.8 Å². The van der Waals surface area contributed by atoms with Crippen molar-refractivity contribution in [2.45, 2.75) is 16.7 Å². The third-order valence-corrected chi connectivity index (χ3v) is 6.39. The van der Waals surface area contributed by atoms with Crippen molar-refractivity contribution in [3.8, 4) is 5.75 Å². The monoisotopic (exact) mass is 356 g/mol. The van der Waals surface area contributed by atoms with Crippen LogP contribution in [0.4, 0.5) is 5.69 Å². The highest BCUT2D eigenvalue weighted by Gasteiger charge is 2.25. The van der Waals surface area contributed by atoms with E-state index in [1.54, 1.807) is 17.1 Å². The molecule has 0 aliphatic carbocycles. The highest BCUT2D eigenvalue weighted by Crippen LogP contribution is 2.25. The van der Waals surface area contributed by atoms with E-state index in [4.69, 9.17) is 10.5 Å². The Hall–Kier alpha value is -2.10. The molecule has 0 radical (unpaired) electrons. The fourth-order valence-electron chi connectivity index (χ4n) is 1.82. The summed E-state index contributed by atoms with van der Waals surface area (Å²) in [5, 5.41) is 0. The quantitative estimate of drug-likeness (QED) is 0.755. The second-order valence-electron chi connectivity index (χ2n) is 4.54. The van der Waals surface area contributed by atoms with Gasteiger partial charge >= 0.3 is 0 Å². The van der Waals surface area contributed by atoms with Crippen LogP contribution in [-0.4, -0.2) is 23.4 Å². The molecular formula is C14H16N2O5S2. The van der Waals surface area contributed by atoms with Crippen LogP contribution in [0.2, 0.25) is 0 Å². The number of sulfonamides is 2. The van der Waals surface area contributed by atoms with Crippen molar-refractivity contribution < 1.29 is 21.6 Å². The van der Waals surface area contributed by atoms with Gasteiger partial charge in [-0.2, -0.15) is 0 Å². The van der Waals surface area contributed by atoms with Gasteiger partial charge in [0.05, 0.1) is 22.1 Å². The van der Waals surface area contributed by atoms with Crippen molar-refractivity contribution in [1.29, 1.82) is 0 Å². The van der Waals surface area contributed by atoms with Gasteiger partial charge in [0.2, 0.25) is 0 Å². The average Bonchev–Trinajstić information content (AvgIpc) is 2.49. The van der Waals surface area contributed by atoms with Crippen LogP contribution in [0.5, 0.6) is 5.75 Å². The number of hydrogen-bond donors (Lipinski definition) is 2. The van der Waals surface area contributed by atoms with E-state index in [0.29, 0.717) is 12.4 Å². The van der Waals surface area contributed by atoms with E-state index in [1.165, 1.54) is 36.4 Å². The zero-order valence-corrected chi connectivity index (χ0v) is 13.9. The Labute approximate surface area is 135 Å². The van der Waals surface area contributed by atoms with Gasteiger partial charge in [-0.1, -0.05) is 18.2 Å². The zero-order chi connectivity index (χ0) is 17.1. The molecule has 0 heterocycles. The van der Waals surface area contributed by atoms with Gasteiger partial charge in [0.25, 0.3) is 20.0 Å². The van der Waals surface area contributed by atoms with Crippen LogP contribution >= 0.6 is 0 Å². The Kier molecular flexibility index (Phi) is 4.93. The van der Waals surface area contributed by atoms with Gasteiger partial charge in [-0.05, 0) is 37.3 Å². The predicted octanol–water partition coefficient (Wildman–Crippen LogP) is 1.33. The molecule has 3 N–H and O–H groups in total. The number of nitrogens with one attached hydrogen (secondary N) is 1. The SMILES string of the molecule is CCOc1ccc(S(=O)(=O)NS(=O)(=O)c2ccccc2)cc1N. The van der Waals surface area contributed by atoms with E-state index in [0.717, 1.165) is 6.07 Å². The lowest BCUT2D eigenvalue weighted by Gasteiger charge is -2.11. The fourth-order valence-corrected chi connectivity index (χ4v) is 4.79. The van der Waals surface area contributed by atoms with Gasteiger partial charge in [-0.25, -0.2) is 16.8 Å². The fraction of sp³-hybridized carbons (Fsp3) is 0.143. The first-order valence-corrected chi connectivity index (χ1v) is 9.59. The molecule has 0 fully saturated rings. The van der Waals surface area contributed by atoms with Gasteiger partial charge in [0.15, 0.2) is 0 Å². The van der Waals surface area contributed by atoms with Gasteiger partial charge in [-0.3, -0.25) is 0 Å². The van der Waals surface area contributed by atoms with Crippen LogP contribution in [0.25, 0.3) is 0 Å². The summed E-state index contributed by atoms with van der Waals surface area (Å²) in [5.74, 6) is 0.331. The Morgan fingerprint density at radius 1 is 0.957 bits per heavy atom. The highest BCUT2D eigenvalue weighted by atomic mass is 32.3. The number of benzene rings is 2. The van der Waals surface area contributed by atoms with Crippen LogP contribution in [0.1, 0.15) is 6.92 Å². The summed E-state index contributed by atoms with van der Waals surface area (Å²) in [6, 6.07) is 11.0. The molecule has 0 amide bonds. The minimum Gasteiger partial charge on any atom is -0.492 e. The summed E-state index contributed by atoms with van der Waals surface area (Å²) in [4.78, 5) is -0.416. The number of nitrogens with two attached hydrogens (primary N) is 1. The Morgan fingerprint density at radius 2 is 1.57 bits per heavy atom. The minimum atomic E-state index is -4.29. The number of rotatable bonds is 6. The third-order valence-electron chi connectivity index (χ3n) is 2.86. The summed E-state index contributed by atoms with van der Waals surface area (Å²) < 4.78 is 55.7. The van der Waals surface area contributed by atoms with Gasteiger partial charge in [-0.15, -0.1) is 4.13 Å². The maximum atomic E-state index is 12.3. The number of anilines is 1. The van der Waals surface area contributed by atoms with Crippen LogP contribution < -0.4 is 14.6 Å².